The summed E-state index contributed by atoms with van der Waals surface area (Å²) in [4.78, 5) is 10.3. The van der Waals surface area contributed by atoms with Crippen LogP contribution in [0.5, 0.6) is 0 Å². The maximum absolute atomic E-state index is 5.33. The Balaban J connectivity index is 1.53. The Bertz CT molecular complexity index is 2160. The molecule has 8 rings (SSSR count). The summed E-state index contributed by atoms with van der Waals surface area (Å²) in [5.41, 5.74) is 13.7. The highest BCUT2D eigenvalue weighted by molar-refractivity contribution is 6.00. The van der Waals surface area contributed by atoms with Gasteiger partial charge in [0.2, 0.25) is 0 Å². The molecule has 204 valence electrons. The molecule has 0 atom stereocenters. The first-order chi connectivity index (χ1) is 21.1. The van der Waals surface area contributed by atoms with Crippen molar-refractivity contribution in [2.75, 3.05) is 0 Å². The van der Waals surface area contributed by atoms with E-state index in [1.807, 2.05) is 18.2 Å². The van der Waals surface area contributed by atoms with E-state index in [0.29, 0.717) is 0 Å². The topological polar surface area (TPSA) is 25.8 Å². The van der Waals surface area contributed by atoms with Gasteiger partial charge in [0, 0.05) is 21.9 Å². The maximum Gasteiger partial charge on any atom is 0.160 e. The molecule has 0 aliphatic heterocycles. The van der Waals surface area contributed by atoms with Gasteiger partial charge in [-0.05, 0) is 50.6 Å². The second kappa shape index (κ2) is 9.89. The Labute approximate surface area is 252 Å². The van der Waals surface area contributed by atoms with Crippen molar-refractivity contribution < 1.29 is 0 Å². The summed E-state index contributed by atoms with van der Waals surface area (Å²) >= 11 is 0. The summed E-state index contributed by atoms with van der Waals surface area (Å²) in [6.07, 6.45) is 0. The monoisotopic (exact) mass is 550 g/mol. The molecular weight excluding hydrogens is 520 g/mol. The predicted octanol–water partition coefficient (Wildman–Crippen LogP) is 10.6. The fourth-order valence-corrected chi connectivity index (χ4v) is 6.95. The summed E-state index contributed by atoms with van der Waals surface area (Å²) in [7, 11) is 0. The van der Waals surface area contributed by atoms with Crippen molar-refractivity contribution in [3.8, 4) is 56.0 Å². The first-order valence-electron chi connectivity index (χ1n) is 14.9. The van der Waals surface area contributed by atoms with Gasteiger partial charge in [0.25, 0.3) is 0 Å². The molecule has 0 radical (unpaired) electrons. The molecule has 2 heteroatoms. The lowest BCUT2D eigenvalue weighted by Crippen LogP contribution is -2.22. The highest BCUT2D eigenvalue weighted by atomic mass is 14.9. The quantitative estimate of drug-likeness (QED) is 0.214. The maximum atomic E-state index is 5.33. The van der Waals surface area contributed by atoms with Crippen molar-refractivity contribution in [2.45, 2.75) is 19.3 Å². The van der Waals surface area contributed by atoms with Gasteiger partial charge in [0.05, 0.1) is 11.2 Å². The van der Waals surface area contributed by atoms with Gasteiger partial charge < -0.3 is 0 Å². The Morgan fingerprint density at radius 3 is 1.65 bits per heavy atom. The van der Waals surface area contributed by atoms with Crippen LogP contribution in [0.4, 0.5) is 0 Å². The van der Waals surface area contributed by atoms with Crippen molar-refractivity contribution in [3.63, 3.8) is 0 Å². The molecule has 0 N–H and O–H groups in total. The minimum absolute atomic E-state index is 0.355. The highest BCUT2D eigenvalue weighted by Gasteiger charge is 2.34. The Kier molecular flexibility index (Phi) is 5.84. The van der Waals surface area contributed by atoms with E-state index in [4.69, 9.17) is 9.97 Å². The van der Waals surface area contributed by atoms with Crippen LogP contribution in [0.3, 0.4) is 0 Å². The van der Waals surface area contributed by atoms with E-state index in [9.17, 15) is 0 Å². The minimum atomic E-state index is -0.355. The summed E-state index contributed by atoms with van der Waals surface area (Å²) in [6, 6.07) is 52.0. The lowest BCUT2D eigenvalue weighted by Gasteiger charge is -2.33. The standard InChI is InChI=1S/C41H30N2/c1-41(2)36-25-12-10-21-32(36)30-19-8-6-17-28(30)29-18-7-9-20-31(29)33-23-14-24-35(38(33)41)39-34-22-11-13-26-37(34)42-40(43-39)27-15-4-3-5-16-27/h3-26H,1-2H3. The van der Waals surface area contributed by atoms with Gasteiger partial charge in [-0.15, -0.1) is 0 Å². The van der Waals surface area contributed by atoms with Crippen LogP contribution in [-0.2, 0) is 5.41 Å². The van der Waals surface area contributed by atoms with Crippen molar-refractivity contribution in [1.29, 1.82) is 0 Å². The smallest absolute Gasteiger partial charge is 0.160 e. The zero-order chi connectivity index (χ0) is 29.0. The number of hydrogen-bond acceptors (Lipinski definition) is 2. The van der Waals surface area contributed by atoms with Crippen LogP contribution in [0.25, 0.3) is 66.9 Å². The largest absolute Gasteiger partial charge is 0.228 e. The van der Waals surface area contributed by atoms with E-state index in [1.165, 1.54) is 44.5 Å². The summed E-state index contributed by atoms with van der Waals surface area (Å²) < 4.78 is 0. The molecule has 1 aliphatic rings. The number of nitrogens with zero attached hydrogens (tertiary/aromatic N) is 2. The normalized spacial score (nSPS) is 13.1. The summed E-state index contributed by atoms with van der Waals surface area (Å²) in [6.45, 7) is 4.73. The lowest BCUT2D eigenvalue weighted by atomic mass is 9.70. The van der Waals surface area contributed by atoms with Crippen molar-refractivity contribution in [2.24, 2.45) is 0 Å². The molecule has 0 bridgehead atoms. The van der Waals surface area contributed by atoms with Gasteiger partial charge in [-0.1, -0.05) is 153 Å². The number of para-hydroxylation sites is 1. The van der Waals surface area contributed by atoms with Crippen LogP contribution in [-0.4, -0.2) is 9.97 Å². The van der Waals surface area contributed by atoms with Gasteiger partial charge in [0.1, 0.15) is 0 Å². The average Bonchev–Trinajstić information content (AvgIpc) is 3.10. The molecular formula is C41H30N2. The number of fused-ring (bicyclic) bond motifs is 8. The third-order valence-corrected chi connectivity index (χ3v) is 8.90. The van der Waals surface area contributed by atoms with Crippen LogP contribution in [0.1, 0.15) is 25.0 Å². The highest BCUT2D eigenvalue weighted by Crippen LogP contribution is 2.51. The summed E-state index contributed by atoms with van der Waals surface area (Å²) in [5, 5.41) is 1.05. The van der Waals surface area contributed by atoms with E-state index in [2.05, 4.69) is 141 Å². The van der Waals surface area contributed by atoms with E-state index >= 15 is 0 Å². The molecule has 0 fully saturated rings. The fourth-order valence-electron chi connectivity index (χ4n) is 6.95. The van der Waals surface area contributed by atoms with Crippen molar-refractivity contribution in [1.82, 2.24) is 9.97 Å². The number of benzene rings is 6. The Hall–Kier alpha value is -5.34. The Morgan fingerprint density at radius 2 is 0.930 bits per heavy atom. The van der Waals surface area contributed by atoms with Gasteiger partial charge in [0.15, 0.2) is 5.82 Å². The molecule has 0 unspecified atom stereocenters. The van der Waals surface area contributed by atoms with E-state index < -0.39 is 0 Å². The molecule has 7 aromatic rings. The molecule has 43 heavy (non-hydrogen) atoms. The molecule has 0 amide bonds. The van der Waals surface area contributed by atoms with Crippen LogP contribution < -0.4 is 0 Å². The zero-order valence-corrected chi connectivity index (χ0v) is 24.3. The first-order valence-corrected chi connectivity index (χ1v) is 14.9. The molecule has 0 spiro atoms. The molecule has 2 nitrogen and oxygen atoms in total. The third-order valence-electron chi connectivity index (χ3n) is 8.90. The predicted molar refractivity (Wildman–Crippen MR) is 179 cm³/mol. The van der Waals surface area contributed by atoms with E-state index in [0.717, 1.165) is 33.5 Å². The molecule has 1 aliphatic carbocycles. The van der Waals surface area contributed by atoms with Crippen LogP contribution in [0.2, 0.25) is 0 Å². The summed E-state index contributed by atoms with van der Waals surface area (Å²) in [5.74, 6) is 0.737. The van der Waals surface area contributed by atoms with Gasteiger partial charge >= 0.3 is 0 Å². The first kappa shape index (κ1) is 25.4. The van der Waals surface area contributed by atoms with E-state index in [1.54, 1.807) is 0 Å². The molecule has 6 aromatic carbocycles. The fraction of sp³-hybridized carbons (Fsp3) is 0.0732. The second-order valence-corrected chi connectivity index (χ2v) is 11.8. The van der Waals surface area contributed by atoms with Crippen LogP contribution >= 0.6 is 0 Å². The average molecular weight is 551 g/mol. The second-order valence-electron chi connectivity index (χ2n) is 11.8. The SMILES string of the molecule is CC1(C)c2ccccc2-c2ccccc2-c2ccccc2-c2cccc(-c3nc(-c4ccccc4)nc4ccccc34)c21. The van der Waals surface area contributed by atoms with Gasteiger partial charge in [-0.2, -0.15) is 0 Å². The van der Waals surface area contributed by atoms with Gasteiger partial charge in [-0.25, -0.2) is 9.97 Å². The van der Waals surface area contributed by atoms with E-state index in [-0.39, 0.29) is 5.41 Å². The van der Waals surface area contributed by atoms with Gasteiger partial charge in [-0.3, -0.25) is 0 Å². The number of rotatable bonds is 2. The number of hydrogen-bond donors (Lipinski definition) is 0. The molecule has 0 saturated carbocycles. The Morgan fingerprint density at radius 1 is 0.419 bits per heavy atom. The minimum Gasteiger partial charge on any atom is -0.228 e. The molecule has 0 saturated heterocycles. The number of aromatic nitrogens is 2. The lowest BCUT2D eigenvalue weighted by molar-refractivity contribution is 0.646. The molecule has 1 heterocycles. The van der Waals surface area contributed by atoms with Crippen molar-refractivity contribution in [3.05, 3.63) is 157 Å². The van der Waals surface area contributed by atoms with Crippen LogP contribution in [0.15, 0.2) is 146 Å². The zero-order valence-electron chi connectivity index (χ0n) is 24.3. The molecule has 1 aromatic heterocycles. The third kappa shape index (κ3) is 4.02. The van der Waals surface area contributed by atoms with Crippen molar-refractivity contribution >= 4 is 10.9 Å². The van der Waals surface area contributed by atoms with Crippen LogP contribution in [0, 0.1) is 0 Å².